The molecule has 1 heterocycles. The van der Waals surface area contributed by atoms with Crippen LogP contribution in [0, 0.1) is 0 Å². The lowest BCUT2D eigenvalue weighted by atomic mass is 10.3. The number of hydrogen-bond acceptors (Lipinski definition) is 6. The van der Waals surface area contributed by atoms with Gasteiger partial charge in [-0.15, -0.1) is 0 Å². The van der Waals surface area contributed by atoms with Crippen LogP contribution in [0.5, 0.6) is 0 Å². The number of nitrogens with zero attached hydrogens (tertiary/aromatic N) is 3. The second-order valence-corrected chi connectivity index (χ2v) is 3.90. The van der Waals surface area contributed by atoms with Crippen LogP contribution in [0.25, 0.3) is 0 Å². The lowest BCUT2D eigenvalue weighted by molar-refractivity contribution is 0.0752. The van der Waals surface area contributed by atoms with Gasteiger partial charge in [0.1, 0.15) is 0 Å². The first-order valence-electron chi connectivity index (χ1n) is 5.55. The van der Waals surface area contributed by atoms with Crippen molar-refractivity contribution < 1.29 is 15.3 Å². The first kappa shape index (κ1) is 13.9. The summed E-state index contributed by atoms with van der Waals surface area (Å²) in [4.78, 5) is 1.79. The highest BCUT2D eigenvalue weighted by Gasteiger charge is 2.12. The second-order valence-electron chi connectivity index (χ2n) is 3.90. The van der Waals surface area contributed by atoms with E-state index in [1.54, 1.807) is 15.8 Å². The van der Waals surface area contributed by atoms with Gasteiger partial charge < -0.3 is 21.1 Å². The summed E-state index contributed by atoms with van der Waals surface area (Å²) < 4.78 is 1.57. The Bertz CT molecular complexity index is 312. The van der Waals surface area contributed by atoms with Crippen molar-refractivity contribution in [1.82, 2.24) is 14.7 Å². The molecular weight excluding hydrogens is 224 g/mol. The van der Waals surface area contributed by atoms with Gasteiger partial charge in [0.25, 0.3) is 0 Å². The molecule has 98 valence electrons. The Hall–Kier alpha value is -1.15. The third-order valence-electron chi connectivity index (χ3n) is 2.35. The number of aromatic nitrogens is 2. The lowest BCUT2D eigenvalue weighted by Crippen LogP contribution is -2.38. The molecule has 0 fully saturated rings. The average Bonchev–Trinajstić information content (AvgIpc) is 2.64. The molecule has 5 N–H and O–H groups in total. The summed E-state index contributed by atoms with van der Waals surface area (Å²) in [6.45, 7) is 1.58. The Morgan fingerprint density at radius 2 is 2.00 bits per heavy atom. The molecule has 1 atom stereocenters. The van der Waals surface area contributed by atoms with E-state index in [-0.39, 0.29) is 13.2 Å². The first-order valence-corrected chi connectivity index (χ1v) is 5.55. The van der Waals surface area contributed by atoms with Gasteiger partial charge >= 0.3 is 0 Å². The van der Waals surface area contributed by atoms with Crippen molar-refractivity contribution in [2.75, 3.05) is 38.6 Å². The minimum atomic E-state index is -0.618. The third kappa shape index (κ3) is 5.14. The van der Waals surface area contributed by atoms with Gasteiger partial charge in [-0.2, -0.15) is 5.10 Å². The van der Waals surface area contributed by atoms with Crippen molar-refractivity contribution in [3.63, 3.8) is 0 Å². The molecular formula is C10H20N4O3. The maximum absolute atomic E-state index is 9.83. The van der Waals surface area contributed by atoms with Crippen molar-refractivity contribution in [2.45, 2.75) is 12.6 Å². The van der Waals surface area contributed by atoms with Gasteiger partial charge in [0.15, 0.2) is 0 Å². The van der Waals surface area contributed by atoms with Crippen LogP contribution in [-0.4, -0.2) is 69.0 Å². The Morgan fingerprint density at radius 3 is 2.47 bits per heavy atom. The second kappa shape index (κ2) is 7.23. The Balaban J connectivity index is 2.38. The molecule has 1 unspecified atom stereocenters. The minimum Gasteiger partial charge on any atom is -0.396 e. The number of anilines is 1. The highest BCUT2D eigenvalue weighted by Crippen LogP contribution is 2.01. The predicted octanol–water partition coefficient (Wildman–Crippen LogP) is -1.89. The van der Waals surface area contributed by atoms with Gasteiger partial charge in [-0.05, 0) is 0 Å². The summed E-state index contributed by atoms with van der Waals surface area (Å²) in [7, 11) is 0. The van der Waals surface area contributed by atoms with Crippen LogP contribution in [0.3, 0.4) is 0 Å². The van der Waals surface area contributed by atoms with Crippen LogP contribution in [0.1, 0.15) is 0 Å². The van der Waals surface area contributed by atoms with Gasteiger partial charge in [-0.3, -0.25) is 9.58 Å². The molecule has 0 aliphatic carbocycles. The molecule has 0 saturated carbocycles. The number of nitrogens with two attached hydrogens (primary N) is 1. The van der Waals surface area contributed by atoms with Crippen LogP contribution in [-0.2, 0) is 6.54 Å². The van der Waals surface area contributed by atoms with Crippen LogP contribution in [0.15, 0.2) is 12.4 Å². The van der Waals surface area contributed by atoms with Crippen LogP contribution >= 0.6 is 0 Å². The van der Waals surface area contributed by atoms with Crippen LogP contribution < -0.4 is 5.73 Å². The third-order valence-corrected chi connectivity index (χ3v) is 2.35. The van der Waals surface area contributed by atoms with E-state index in [9.17, 15) is 5.11 Å². The summed E-state index contributed by atoms with van der Waals surface area (Å²) in [5.74, 6) is 0. The molecule has 7 heteroatoms. The molecule has 0 spiro atoms. The molecule has 0 aliphatic heterocycles. The first-order chi connectivity index (χ1) is 8.15. The standard InChI is InChI=1S/C10H20N4O3/c11-9-5-12-14(6-9)8-10(17)7-13(1-3-15)2-4-16/h5-6,10,15-17H,1-4,7-8,11H2. The van der Waals surface area contributed by atoms with E-state index in [1.807, 2.05) is 0 Å². The summed E-state index contributed by atoms with van der Waals surface area (Å²) in [6.07, 6.45) is 2.55. The summed E-state index contributed by atoms with van der Waals surface area (Å²) in [6, 6.07) is 0. The Labute approximate surface area is 100 Å². The van der Waals surface area contributed by atoms with E-state index in [0.717, 1.165) is 0 Å². The molecule has 17 heavy (non-hydrogen) atoms. The summed E-state index contributed by atoms with van der Waals surface area (Å²) >= 11 is 0. The molecule has 0 radical (unpaired) electrons. The molecule has 0 saturated heterocycles. The largest absolute Gasteiger partial charge is 0.396 e. The number of rotatable bonds is 8. The molecule has 1 rings (SSSR count). The monoisotopic (exact) mass is 244 g/mol. The van der Waals surface area contributed by atoms with Crippen LogP contribution in [0.4, 0.5) is 5.69 Å². The summed E-state index contributed by atoms with van der Waals surface area (Å²) in [5.41, 5.74) is 6.06. The molecule has 1 aromatic rings. The van der Waals surface area contributed by atoms with Crippen molar-refractivity contribution in [3.05, 3.63) is 12.4 Å². The maximum atomic E-state index is 9.83. The van der Waals surface area contributed by atoms with Crippen LogP contribution in [0.2, 0.25) is 0 Å². The smallest absolute Gasteiger partial charge is 0.0862 e. The zero-order valence-corrected chi connectivity index (χ0v) is 9.74. The maximum Gasteiger partial charge on any atom is 0.0862 e. The van der Waals surface area contributed by atoms with E-state index in [2.05, 4.69) is 5.10 Å². The van der Waals surface area contributed by atoms with Crippen molar-refractivity contribution in [1.29, 1.82) is 0 Å². The highest BCUT2D eigenvalue weighted by molar-refractivity contribution is 5.30. The van der Waals surface area contributed by atoms with E-state index >= 15 is 0 Å². The predicted molar refractivity (Wildman–Crippen MR) is 63.3 cm³/mol. The molecule has 0 aliphatic rings. The fourth-order valence-corrected chi connectivity index (χ4v) is 1.63. The SMILES string of the molecule is Nc1cnn(CC(O)CN(CCO)CCO)c1. The zero-order valence-electron chi connectivity index (χ0n) is 9.74. The summed E-state index contributed by atoms with van der Waals surface area (Å²) in [5, 5.41) is 31.5. The molecule has 0 bridgehead atoms. The number of hydrogen-bond donors (Lipinski definition) is 4. The lowest BCUT2D eigenvalue weighted by Gasteiger charge is -2.23. The average molecular weight is 244 g/mol. The molecule has 7 nitrogen and oxygen atoms in total. The number of aliphatic hydroxyl groups is 3. The van der Waals surface area contributed by atoms with E-state index in [4.69, 9.17) is 15.9 Å². The van der Waals surface area contributed by atoms with Crippen molar-refractivity contribution in [2.24, 2.45) is 0 Å². The van der Waals surface area contributed by atoms with E-state index in [0.29, 0.717) is 31.9 Å². The fraction of sp³-hybridized carbons (Fsp3) is 0.700. The normalized spacial score (nSPS) is 13.2. The van der Waals surface area contributed by atoms with Gasteiger partial charge in [0.05, 0.1) is 37.7 Å². The highest BCUT2D eigenvalue weighted by atomic mass is 16.3. The molecule has 0 aromatic carbocycles. The van der Waals surface area contributed by atoms with Gasteiger partial charge in [0, 0.05) is 25.8 Å². The fourth-order valence-electron chi connectivity index (χ4n) is 1.63. The van der Waals surface area contributed by atoms with E-state index < -0.39 is 6.10 Å². The quantitative estimate of drug-likeness (QED) is 0.426. The van der Waals surface area contributed by atoms with Gasteiger partial charge in [-0.25, -0.2) is 0 Å². The number of nitrogen functional groups attached to an aromatic ring is 1. The zero-order chi connectivity index (χ0) is 12.7. The number of aliphatic hydroxyl groups excluding tert-OH is 3. The molecule has 0 amide bonds. The van der Waals surface area contributed by atoms with Gasteiger partial charge in [-0.1, -0.05) is 0 Å². The Kier molecular flexibility index (Phi) is 5.92. The topological polar surface area (TPSA) is 108 Å². The molecule has 1 aromatic heterocycles. The van der Waals surface area contributed by atoms with Crippen molar-refractivity contribution >= 4 is 5.69 Å². The van der Waals surface area contributed by atoms with Crippen molar-refractivity contribution in [3.8, 4) is 0 Å². The minimum absolute atomic E-state index is 0.00143. The van der Waals surface area contributed by atoms with E-state index in [1.165, 1.54) is 6.20 Å². The van der Waals surface area contributed by atoms with Gasteiger partial charge in [0.2, 0.25) is 0 Å². The Morgan fingerprint density at radius 1 is 1.35 bits per heavy atom.